The molecule has 3 aromatic rings. The maximum atomic E-state index is 12.5. The Bertz CT molecular complexity index is 837. The normalized spacial score (nSPS) is 10.2. The van der Waals surface area contributed by atoms with E-state index in [4.69, 9.17) is 0 Å². The molecule has 0 aliphatic rings. The van der Waals surface area contributed by atoms with Crippen molar-refractivity contribution in [2.45, 2.75) is 6.54 Å². The third-order valence-electron chi connectivity index (χ3n) is 3.40. The highest BCUT2D eigenvalue weighted by Gasteiger charge is 2.13. The van der Waals surface area contributed by atoms with Crippen molar-refractivity contribution in [2.75, 3.05) is 10.6 Å². The summed E-state index contributed by atoms with van der Waals surface area (Å²) in [5.74, 6) is -0.297. The van der Waals surface area contributed by atoms with Gasteiger partial charge in [0.05, 0.1) is 5.56 Å². The third-order valence-corrected chi connectivity index (χ3v) is 3.40. The van der Waals surface area contributed by atoms with Gasteiger partial charge in [0.2, 0.25) is 0 Å². The summed E-state index contributed by atoms with van der Waals surface area (Å²) < 4.78 is 0. The topological polar surface area (TPSA) is 87.1 Å². The first kappa shape index (κ1) is 15.5. The van der Waals surface area contributed by atoms with E-state index in [0.29, 0.717) is 17.8 Å². The standard InChI is InChI=1S/C18H16N4O2/c23-16-8-4-10-20-17(16)22-18(24)14-6-1-2-7-15(14)21-12-13-5-3-9-19-11-13/h1-11,21,23H,12H2,(H,20,22,24). The molecule has 0 saturated carbocycles. The lowest BCUT2D eigenvalue weighted by molar-refractivity contribution is 0.102. The number of carbonyl (C=O) groups is 1. The molecule has 1 aromatic carbocycles. The Morgan fingerprint density at radius 2 is 1.88 bits per heavy atom. The van der Waals surface area contributed by atoms with E-state index in [9.17, 15) is 9.90 Å². The van der Waals surface area contributed by atoms with Crippen molar-refractivity contribution in [3.8, 4) is 5.75 Å². The summed E-state index contributed by atoms with van der Waals surface area (Å²) >= 11 is 0. The fourth-order valence-electron chi connectivity index (χ4n) is 2.20. The molecule has 3 N–H and O–H groups in total. The van der Waals surface area contributed by atoms with Gasteiger partial charge in [-0.25, -0.2) is 4.98 Å². The minimum atomic E-state index is -0.349. The van der Waals surface area contributed by atoms with Crippen molar-refractivity contribution >= 4 is 17.4 Å². The van der Waals surface area contributed by atoms with Crippen LogP contribution in [0.1, 0.15) is 15.9 Å². The zero-order valence-corrected chi connectivity index (χ0v) is 12.8. The van der Waals surface area contributed by atoms with Crippen LogP contribution in [0.3, 0.4) is 0 Å². The lowest BCUT2D eigenvalue weighted by atomic mass is 10.1. The molecule has 120 valence electrons. The first-order valence-electron chi connectivity index (χ1n) is 7.41. The third kappa shape index (κ3) is 3.67. The average molecular weight is 320 g/mol. The van der Waals surface area contributed by atoms with Gasteiger partial charge < -0.3 is 15.7 Å². The monoisotopic (exact) mass is 320 g/mol. The van der Waals surface area contributed by atoms with Gasteiger partial charge in [-0.15, -0.1) is 0 Å². The number of hydrogen-bond donors (Lipinski definition) is 3. The van der Waals surface area contributed by atoms with Crippen molar-refractivity contribution in [2.24, 2.45) is 0 Å². The summed E-state index contributed by atoms with van der Waals surface area (Å²) in [6.45, 7) is 0.549. The van der Waals surface area contributed by atoms with Gasteiger partial charge in [0.15, 0.2) is 11.6 Å². The SMILES string of the molecule is O=C(Nc1ncccc1O)c1ccccc1NCc1cccnc1. The Hall–Kier alpha value is -3.41. The molecule has 0 fully saturated rings. The number of rotatable bonds is 5. The highest BCUT2D eigenvalue weighted by Crippen LogP contribution is 2.22. The number of nitrogens with one attached hydrogen (secondary N) is 2. The van der Waals surface area contributed by atoms with E-state index < -0.39 is 0 Å². The van der Waals surface area contributed by atoms with Gasteiger partial charge in [-0.05, 0) is 35.9 Å². The van der Waals surface area contributed by atoms with Crippen LogP contribution in [0, 0.1) is 0 Å². The fraction of sp³-hybridized carbons (Fsp3) is 0.0556. The van der Waals surface area contributed by atoms with Crippen LogP contribution < -0.4 is 10.6 Å². The number of hydrogen-bond acceptors (Lipinski definition) is 5. The van der Waals surface area contributed by atoms with Crippen LogP contribution >= 0.6 is 0 Å². The predicted molar refractivity (Wildman–Crippen MR) is 91.9 cm³/mol. The van der Waals surface area contributed by atoms with Gasteiger partial charge in [-0.3, -0.25) is 9.78 Å². The highest BCUT2D eigenvalue weighted by atomic mass is 16.3. The summed E-state index contributed by atoms with van der Waals surface area (Å²) in [5.41, 5.74) is 2.16. The summed E-state index contributed by atoms with van der Waals surface area (Å²) in [6.07, 6.45) is 4.98. The molecule has 0 atom stereocenters. The van der Waals surface area contributed by atoms with Crippen molar-refractivity contribution in [3.05, 3.63) is 78.2 Å². The number of benzene rings is 1. The van der Waals surface area contributed by atoms with E-state index in [1.165, 1.54) is 12.3 Å². The Labute approximate surface area is 139 Å². The molecule has 2 aromatic heterocycles. The summed E-state index contributed by atoms with van der Waals surface area (Å²) in [4.78, 5) is 20.5. The van der Waals surface area contributed by atoms with Crippen LogP contribution in [0.5, 0.6) is 5.75 Å². The second kappa shape index (κ2) is 7.23. The first-order valence-corrected chi connectivity index (χ1v) is 7.41. The van der Waals surface area contributed by atoms with Gasteiger partial charge in [-0.1, -0.05) is 18.2 Å². The van der Waals surface area contributed by atoms with Crippen molar-refractivity contribution in [3.63, 3.8) is 0 Å². The zero-order chi connectivity index (χ0) is 16.8. The number of nitrogens with zero attached hydrogens (tertiary/aromatic N) is 2. The first-order chi connectivity index (χ1) is 11.7. The Balaban J connectivity index is 1.76. The van der Waals surface area contributed by atoms with Gasteiger partial charge in [-0.2, -0.15) is 0 Å². The average Bonchev–Trinajstić information content (AvgIpc) is 2.63. The molecule has 0 bridgehead atoms. The lowest BCUT2D eigenvalue weighted by Crippen LogP contribution is -2.15. The van der Waals surface area contributed by atoms with Gasteiger partial charge in [0.1, 0.15) is 0 Å². The maximum absolute atomic E-state index is 12.5. The van der Waals surface area contributed by atoms with E-state index in [1.54, 1.807) is 30.6 Å². The second-order valence-corrected chi connectivity index (χ2v) is 5.09. The number of aromatic hydroxyl groups is 1. The number of anilines is 2. The van der Waals surface area contributed by atoms with Crippen LogP contribution in [0.25, 0.3) is 0 Å². The van der Waals surface area contributed by atoms with Gasteiger partial charge in [0.25, 0.3) is 5.91 Å². The molecule has 0 unspecified atom stereocenters. The minimum Gasteiger partial charge on any atom is -0.504 e. The molecule has 1 amide bonds. The number of amides is 1. The van der Waals surface area contributed by atoms with E-state index in [1.807, 2.05) is 24.3 Å². The number of para-hydroxylation sites is 1. The van der Waals surface area contributed by atoms with Gasteiger partial charge >= 0.3 is 0 Å². The van der Waals surface area contributed by atoms with Crippen LogP contribution in [0.4, 0.5) is 11.5 Å². The second-order valence-electron chi connectivity index (χ2n) is 5.09. The van der Waals surface area contributed by atoms with Crippen LogP contribution in [-0.4, -0.2) is 21.0 Å². The van der Waals surface area contributed by atoms with Gasteiger partial charge in [0, 0.05) is 30.8 Å². The fourth-order valence-corrected chi connectivity index (χ4v) is 2.20. The lowest BCUT2D eigenvalue weighted by Gasteiger charge is -2.12. The molecule has 0 radical (unpaired) electrons. The van der Waals surface area contributed by atoms with Crippen LogP contribution in [0.2, 0.25) is 0 Å². The molecule has 2 heterocycles. The zero-order valence-electron chi connectivity index (χ0n) is 12.8. The van der Waals surface area contributed by atoms with E-state index in [-0.39, 0.29) is 17.5 Å². The summed E-state index contributed by atoms with van der Waals surface area (Å²) in [7, 11) is 0. The maximum Gasteiger partial charge on any atom is 0.259 e. The Kier molecular flexibility index (Phi) is 4.67. The van der Waals surface area contributed by atoms with E-state index in [0.717, 1.165) is 5.56 Å². The Morgan fingerprint density at radius 1 is 1.04 bits per heavy atom. The summed E-state index contributed by atoms with van der Waals surface area (Å²) in [6, 6.07) is 14.0. The minimum absolute atomic E-state index is 0.0772. The largest absolute Gasteiger partial charge is 0.504 e. The van der Waals surface area contributed by atoms with Crippen molar-refractivity contribution < 1.29 is 9.90 Å². The van der Waals surface area contributed by atoms with Crippen LogP contribution in [-0.2, 0) is 6.54 Å². The predicted octanol–water partition coefficient (Wildman–Crippen LogP) is 3.05. The molecule has 0 aliphatic carbocycles. The quantitative estimate of drug-likeness (QED) is 0.672. The van der Waals surface area contributed by atoms with E-state index in [2.05, 4.69) is 20.6 Å². The van der Waals surface area contributed by atoms with Crippen molar-refractivity contribution in [1.29, 1.82) is 0 Å². The smallest absolute Gasteiger partial charge is 0.259 e. The van der Waals surface area contributed by atoms with Crippen molar-refractivity contribution in [1.82, 2.24) is 9.97 Å². The van der Waals surface area contributed by atoms with E-state index >= 15 is 0 Å². The summed E-state index contributed by atoms with van der Waals surface area (Å²) in [5, 5.41) is 15.6. The molecule has 6 heteroatoms. The molecule has 0 saturated heterocycles. The molecule has 0 spiro atoms. The molecule has 6 nitrogen and oxygen atoms in total. The molecule has 0 aliphatic heterocycles. The molecular formula is C18H16N4O2. The number of aromatic nitrogens is 2. The molecule has 3 rings (SSSR count). The highest BCUT2D eigenvalue weighted by molar-refractivity contribution is 6.08. The Morgan fingerprint density at radius 3 is 2.67 bits per heavy atom. The number of pyridine rings is 2. The number of carbonyl (C=O) groups excluding carboxylic acids is 1. The molecular weight excluding hydrogens is 304 g/mol. The van der Waals surface area contributed by atoms with Crippen LogP contribution in [0.15, 0.2) is 67.1 Å². The molecule has 24 heavy (non-hydrogen) atoms.